The topological polar surface area (TPSA) is 95.9 Å². The van der Waals surface area contributed by atoms with E-state index in [9.17, 15) is 33.0 Å². The molecule has 0 heterocycles. The fourth-order valence-corrected chi connectivity index (χ4v) is 2.10. The molecule has 1 rings (SSSR count). The summed E-state index contributed by atoms with van der Waals surface area (Å²) in [4.78, 5) is 22.3. The number of amides is 1. The Morgan fingerprint density at radius 3 is 2.35 bits per heavy atom. The van der Waals surface area contributed by atoms with Crippen molar-refractivity contribution in [3.05, 3.63) is 34.9 Å². The van der Waals surface area contributed by atoms with E-state index < -0.39 is 35.6 Å². The molecule has 1 aromatic carbocycles. The largest absolute Gasteiger partial charge is 0.444 e. The Labute approximate surface area is 149 Å². The molecule has 0 spiro atoms. The van der Waals surface area contributed by atoms with Crippen molar-refractivity contribution in [2.75, 3.05) is 6.54 Å². The first kappa shape index (κ1) is 21.9. The molecule has 0 saturated heterocycles. The van der Waals surface area contributed by atoms with Gasteiger partial charge in [-0.1, -0.05) is 0 Å². The van der Waals surface area contributed by atoms with Crippen molar-refractivity contribution in [2.24, 2.45) is 0 Å². The van der Waals surface area contributed by atoms with Crippen LogP contribution in [0.25, 0.3) is 0 Å². The Morgan fingerprint density at radius 1 is 1.23 bits per heavy atom. The minimum Gasteiger partial charge on any atom is -0.444 e. The fourth-order valence-electron chi connectivity index (χ4n) is 2.10. The van der Waals surface area contributed by atoms with Crippen molar-refractivity contribution in [1.82, 2.24) is 5.32 Å². The van der Waals surface area contributed by atoms with Crippen molar-refractivity contribution in [2.45, 2.75) is 51.2 Å². The lowest BCUT2D eigenvalue weighted by Gasteiger charge is -2.22. The zero-order valence-corrected chi connectivity index (χ0v) is 14.6. The number of ether oxygens (including phenoxy) is 1. The number of hydrogen-bond acceptors (Lipinski definition) is 5. The highest BCUT2D eigenvalue weighted by Crippen LogP contribution is 2.32. The highest BCUT2D eigenvalue weighted by molar-refractivity contribution is 5.75. The maximum atomic E-state index is 12.9. The predicted molar refractivity (Wildman–Crippen MR) is 86.7 cm³/mol. The summed E-state index contributed by atoms with van der Waals surface area (Å²) in [5, 5.41) is 22.4. The van der Waals surface area contributed by atoms with E-state index in [4.69, 9.17) is 4.74 Å². The molecule has 0 saturated carbocycles. The molecular weight excluding hydrogens is 355 g/mol. The Bertz CT molecular complexity index is 640. The third-order valence-electron chi connectivity index (χ3n) is 3.26. The van der Waals surface area contributed by atoms with Gasteiger partial charge in [0.15, 0.2) is 0 Å². The number of hydrogen-bond donors (Lipinski definition) is 3. The second kappa shape index (κ2) is 8.50. The minimum absolute atomic E-state index is 0.0629. The summed E-state index contributed by atoms with van der Waals surface area (Å²) in [7, 11) is 0. The standard InChI is InChI=1S/C17H22F3NO5/c1-16(2,3)26-15(25)21-5-4-13(23)14(24)11-6-10(9-22)7-12(8-11)17(18,19)20/h6-9,13-14,23-24H,4-5H2,1-3H3,(H,21,25). The highest BCUT2D eigenvalue weighted by Gasteiger charge is 2.32. The number of halogens is 3. The van der Waals surface area contributed by atoms with Gasteiger partial charge in [0, 0.05) is 12.1 Å². The first-order chi connectivity index (χ1) is 11.8. The van der Waals surface area contributed by atoms with Gasteiger partial charge < -0.3 is 20.3 Å². The van der Waals surface area contributed by atoms with Crippen LogP contribution in [0.3, 0.4) is 0 Å². The van der Waals surface area contributed by atoms with Gasteiger partial charge in [0.2, 0.25) is 0 Å². The molecule has 1 amide bonds. The summed E-state index contributed by atoms with van der Waals surface area (Å²) >= 11 is 0. The fraction of sp³-hybridized carbons (Fsp3) is 0.529. The zero-order valence-electron chi connectivity index (χ0n) is 14.6. The van der Waals surface area contributed by atoms with E-state index in [1.165, 1.54) is 0 Å². The molecule has 1 aromatic rings. The van der Waals surface area contributed by atoms with Gasteiger partial charge in [-0.05, 0) is 51.0 Å². The van der Waals surface area contributed by atoms with Crippen LogP contribution in [0.15, 0.2) is 18.2 Å². The molecule has 9 heteroatoms. The van der Waals surface area contributed by atoms with Gasteiger partial charge >= 0.3 is 12.3 Å². The van der Waals surface area contributed by atoms with Crippen LogP contribution >= 0.6 is 0 Å². The molecule has 0 aliphatic rings. The molecule has 0 fully saturated rings. The maximum Gasteiger partial charge on any atom is 0.416 e. The smallest absolute Gasteiger partial charge is 0.416 e. The summed E-state index contributed by atoms with van der Waals surface area (Å²) in [6.07, 6.45) is -8.43. The van der Waals surface area contributed by atoms with Gasteiger partial charge in [0.1, 0.15) is 18.0 Å². The molecule has 0 bridgehead atoms. The number of aliphatic hydroxyl groups is 2. The second-order valence-electron chi connectivity index (χ2n) is 6.73. The summed E-state index contributed by atoms with van der Waals surface area (Å²) in [6.45, 7) is 4.95. The van der Waals surface area contributed by atoms with Crippen molar-refractivity contribution < 1.29 is 37.7 Å². The van der Waals surface area contributed by atoms with Crippen LogP contribution in [0.5, 0.6) is 0 Å². The van der Waals surface area contributed by atoms with Crippen LogP contribution in [0, 0.1) is 0 Å². The Hall–Kier alpha value is -2.13. The van der Waals surface area contributed by atoms with Gasteiger partial charge in [-0.3, -0.25) is 4.79 Å². The molecule has 26 heavy (non-hydrogen) atoms. The number of nitrogens with one attached hydrogen (secondary N) is 1. The van der Waals surface area contributed by atoms with Gasteiger partial charge in [-0.15, -0.1) is 0 Å². The van der Waals surface area contributed by atoms with Crippen LogP contribution in [-0.4, -0.2) is 40.8 Å². The van der Waals surface area contributed by atoms with Crippen molar-refractivity contribution in [1.29, 1.82) is 0 Å². The van der Waals surface area contributed by atoms with Crippen molar-refractivity contribution >= 4 is 12.4 Å². The molecule has 0 aromatic heterocycles. The van der Waals surface area contributed by atoms with Gasteiger partial charge in [-0.25, -0.2) is 4.79 Å². The molecule has 146 valence electrons. The van der Waals surface area contributed by atoms with Crippen molar-refractivity contribution in [3.8, 4) is 0 Å². The number of aliphatic hydroxyl groups excluding tert-OH is 2. The molecule has 2 atom stereocenters. The predicted octanol–water partition coefficient (Wildman–Crippen LogP) is 2.83. The number of carbonyl (C=O) groups excluding carboxylic acids is 2. The highest BCUT2D eigenvalue weighted by atomic mass is 19.4. The summed E-state index contributed by atoms with van der Waals surface area (Å²) in [6, 6.07) is 2.39. The number of carbonyl (C=O) groups is 2. The van der Waals surface area contributed by atoms with E-state index in [0.29, 0.717) is 12.1 Å². The Balaban J connectivity index is 2.75. The number of alkyl carbamates (subject to hydrolysis) is 1. The molecular formula is C17H22F3NO5. The molecule has 0 radical (unpaired) electrons. The van der Waals surface area contributed by atoms with Crippen molar-refractivity contribution in [3.63, 3.8) is 0 Å². The second-order valence-corrected chi connectivity index (χ2v) is 6.73. The quantitative estimate of drug-likeness (QED) is 0.663. The van der Waals surface area contributed by atoms with Gasteiger partial charge in [-0.2, -0.15) is 13.2 Å². The molecule has 0 aliphatic carbocycles. The summed E-state index contributed by atoms with van der Waals surface area (Å²) in [5.74, 6) is 0. The molecule has 0 aliphatic heterocycles. The Kier molecular flexibility index (Phi) is 7.16. The minimum atomic E-state index is -4.70. The Morgan fingerprint density at radius 2 is 1.85 bits per heavy atom. The zero-order chi connectivity index (χ0) is 20.1. The van der Waals surface area contributed by atoms with Crippen LogP contribution in [0.1, 0.15) is 54.8 Å². The van der Waals surface area contributed by atoms with Gasteiger partial charge in [0.25, 0.3) is 0 Å². The van der Waals surface area contributed by atoms with Crippen LogP contribution < -0.4 is 5.32 Å². The molecule has 6 nitrogen and oxygen atoms in total. The lowest BCUT2D eigenvalue weighted by Crippen LogP contribution is -2.34. The van der Waals surface area contributed by atoms with E-state index >= 15 is 0 Å². The monoisotopic (exact) mass is 377 g/mol. The number of alkyl halides is 3. The van der Waals surface area contributed by atoms with Crippen LogP contribution in [0.4, 0.5) is 18.0 Å². The number of rotatable bonds is 6. The van der Waals surface area contributed by atoms with E-state index in [1.807, 2.05) is 0 Å². The van der Waals surface area contributed by atoms with Crippen LogP contribution in [-0.2, 0) is 10.9 Å². The average Bonchev–Trinajstić information content (AvgIpc) is 2.50. The first-order valence-electron chi connectivity index (χ1n) is 7.84. The SMILES string of the molecule is CC(C)(C)OC(=O)NCCC(O)C(O)c1cc(C=O)cc(C(F)(F)F)c1. The lowest BCUT2D eigenvalue weighted by molar-refractivity contribution is -0.137. The normalized spacial score (nSPS) is 14.5. The lowest BCUT2D eigenvalue weighted by atomic mass is 9.97. The van der Waals surface area contributed by atoms with Gasteiger partial charge in [0.05, 0.1) is 11.7 Å². The van der Waals surface area contributed by atoms with E-state index in [2.05, 4.69) is 5.32 Å². The van der Waals surface area contributed by atoms with E-state index in [0.717, 1.165) is 6.07 Å². The average molecular weight is 377 g/mol. The van der Waals surface area contributed by atoms with Crippen LogP contribution in [0.2, 0.25) is 0 Å². The number of aldehydes is 1. The molecule has 2 unspecified atom stereocenters. The maximum absolute atomic E-state index is 12.9. The first-order valence-corrected chi connectivity index (χ1v) is 7.84. The number of benzene rings is 1. The third kappa shape index (κ3) is 7.01. The summed E-state index contributed by atoms with van der Waals surface area (Å²) in [5.41, 5.74) is -2.32. The van der Waals surface area contributed by atoms with E-state index in [-0.39, 0.29) is 30.4 Å². The third-order valence-corrected chi connectivity index (χ3v) is 3.26. The molecule has 3 N–H and O–H groups in total. The van der Waals surface area contributed by atoms with E-state index in [1.54, 1.807) is 20.8 Å². The summed E-state index contributed by atoms with van der Waals surface area (Å²) < 4.78 is 43.6.